The first-order chi connectivity index (χ1) is 8.88. The monoisotopic (exact) mass is 296 g/mol. The fourth-order valence-electron chi connectivity index (χ4n) is 1.62. The Bertz CT molecular complexity index is 607. The van der Waals surface area contributed by atoms with Gasteiger partial charge >= 0.3 is 0 Å². The molecule has 0 aromatic carbocycles. The Labute approximate surface area is 122 Å². The Morgan fingerprint density at radius 1 is 1.26 bits per heavy atom. The molecule has 2 rings (SSSR count). The van der Waals surface area contributed by atoms with E-state index in [0.29, 0.717) is 5.15 Å². The lowest BCUT2D eigenvalue weighted by molar-refractivity contribution is 0.690. The Hall–Kier alpha value is -1.07. The smallest absolute Gasteiger partial charge is 0.136 e. The Morgan fingerprint density at radius 3 is 2.47 bits per heavy atom. The van der Waals surface area contributed by atoms with E-state index in [1.807, 2.05) is 31.6 Å². The molecule has 102 valence electrons. The molecule has 2 aromatic heterocycles. The number of nitrogens with zero attached hydrogens (tertiary/aromatic N) is 4. The van der Waals surface area contributed by atoms with Crippen LogP contribution in [0.25, 0.3) is 0 Å². The van der Waals surface area contributed by atoms with Crippen LogP contribution < -0.4 is 0 Å². The van der Waals surface area contributed by atoms with Gasteiger partial charge in [0.2, 0.25) is 0 Å². The first-order valence-electron chi connectivity index (χ1n) is 6.11. The summed E-state index contributed by atoms with van der Waals surface area (Å²) in [6.07, 6.45) is 0. The molecule has 0 aliphatic carbocycles. The van der Waals surface area contributed by atoms with Gasteiger partial charge in [-0.05, 0) is 31.7 Å². The third-order valence-electron chi connectivity index (χ3n) is 2.74. The van der Waals surface area contributed by atoms with Crippen LogP contribution in [0.4, 0.5) is 0 Å². The summed E-state index contributed by atoms with van der Waals surface area (Å²) in [4.78, 5) is 8.93. The second-order valence-corrected chi connectivity index (χ2v) is 6.17. The summed E-state index contributed by atoms with van der Waals surface area (Å²) in [6.45, 7) is 8.04. The minimum Gasteiger partial charge on any atom is -0.261 e. The molecule has 0 radical (unpaired) electrons. The van der Waals surface area contributed by atoms with Crippen LogP contribution in [0.2, 0.25) is 5.15 Å². The molecule has 0 unspecified atom stereocenters. The van der Waals surface area contributed by atoms with E-state index in [1.165, 1.54) is 0 Å². The molecule has 0 aliphatic heterocycles. The van der Waals surface area contributed by atoms with Crippen LogP contribution in [0.1, 0.15) is 36.8 Å². The maximum atomic E-state index is 6.19. The van der Waals surface area contributed by atoms with Crippen LogP contribution in [0.15, 0.2) is 16.1 Å². The Kier molecular flexibility index (Phi) is 4.16. The molecular formula is C13H17ClN4S. The maximum absolute atomic E-state index is 6.19. The van der Waals surface area contributed by atoms with E-state index >= 15 is 0 Å². The molecule has 2 aromatic rings. The maximum Gasteiger partial charge on any atom is 0.136 e. The van der Waals surface area contributed by atoms with Crippen LogP contribution in [-0.2, 0) is 7.05 Å². The number of hydrogen-bond donors (Lipinski definition) is 0. The highest BCUT2D eigenvalue weighted by molar-refractivity contribution is 7.99. The average molecular weight is 297 g/mol. The zero-order valence-electron chi connectivity index (χ0n) is 11.7. The molecule has 0 fully saturated rings. The molecule has 0 saturated heterocycles. The van der Waals surface area contributed by atoms with Gasteiger partial charge in [0.05, 0.1) is 5.69 Å². The summed E-state index contributed by atoms with van der Waals surface area (Å²) in [7, 11) is 1.93. The first kappa shape index (κ1) is 14.3. The first-order valence-corrected chi connectivity index (χ1v) is 7.30. The van der Waals surface area contributed by atoms with E-state index in [2.05, 4.69) is 28.9 Å². The highest BCUT2D eigenvalue weighted by Crippen LogP contribution is 2.32. The van der Waals surface area contributed by atoms with Crippen LogP contribution in [0, 0.1) is 13.8 Å². The largest absolute Gasteiger partial charge is 0.261 e. The van der Waals surface area contributed by atoms with Gasteiger partial charge in [-0.15, -0.1) is 0 Å². The molecular weight excluding hydrogens is 280 g/mol. The molecule has 6 heteroatoms. The van der Waals surface area contributed by atoms with Crippen molar-refractivity contribution in [1.82, 2.24) is 19.7 Å². The standard InChI is InChI=1S/C13H17ClN4S/c1-7(2)12-15-11(14)9(4)13(16-12)19-10-6-8(3)17-18(10)5/h6-7H,1-5H3. The van der Waals surface area contributed by atoms with E-state index in [-0.39, 0.29) is 5.92 Å². The molecule has 0 saturated carbocycles. The number of rotatable bonds is 3. The lowest BCUT2D eigenvalue weighted by atomic mass is 10.2. The zero-order chi connectivity index (χ0) is 14.2. The van der Waals surface area contributed by atoms with Crippen molar-refractivity contribution in [1.29, 1.82) is 0 Å². The van der Waals surface area contributed by atoms with Gasteiger partial charge in [-0.25, -0.2) is 9.97 Å². The van der Waals surface area contributed by atoms with Gasteiger partial charge in [0, 0.05) is 18.5 Å². The summed E-state index contributed by atoms with van der Waals surface area (Å²) >= 11 is 7.76. The number of aromatic nitrogens is 4. The third kappa shape index (κ3) is 3.09. The molecule has 0 amide bonds. The van der Waals surface area contributed by atoms with E-state index in [9.17, 15) is 0 Å². The molecule has 0 bridgehead atoms. The van der Waals surface area contributed by atoms with E-state index in [4.69, 9.17) is 11.6 Å². The van der Waals surface area contributed by atoms with Crippen LogP contribution in [0.3, 0.4) is 0 Å². The molecule has 2 heterocycles. The quantitative estimate of drug-likeness (QED) is 0.809. The molecule has 0 spiro atoms. The lowest BCUT2D eigenvalue weighted by Crippen LogP contribution is -2.02. The van der Waals surface area contributed by atoms with Crippen LogP contribution in [-0.4, -0.2) is 19.7 Å². The summed E-state index contributed by atoms with van der Waals surface area (Å²) in [5, 5.41) is 6.81. The van der Waals surface area contributed by atoms with E-state index in [1.54, 1.807) is 11.8 Å². The predicted octanol–water partition coefficient (Wildman–Crippen LogP) is 3.75. The van der Waals surface area contributed by atoms with Gasteiger partial charge in [0.25, 0.3) is 0 Å². The predicted molar refractivity (Wildman–Crippen MR) is 77.9 cm³/mol. The summed E-state index contributed by atoms with van der Waals surface area (Å²) in [6, 6.07) is 2.04. The minimum absolute atomic E-state index is 0.255. The van der Waals surface area contributed by atoms with Gasteiger partial charge < -0.3 is 0 Å². The van der Waals surface area contributed by atoms with Crippen molar-refractivity contribution in [3.63, 3.8) is 0 Å². The van der Waals surface area contributed by atoms with Crippen molar-refractivity contribution in [3.05, 3.63) is 28.3 Å². The molecule has 0 N–H and O–H groups in total. The van der Waals surface area contributed by atoms with Crippen molar-refractivity contribution in [2.75, 3.05) is 0 Å². The average Bonchev–Trinajstić information content (AvgIpc) is 2.63. The SMILES string of the molecule is Cc1cc(Sc2nc(C(C)C)nc(Cl)c2C)n(C)n1. The van der Waals surface area contributed by atoms with Crippen LogP contribution >= 0.6 is 23.4 Å². The van der Waals surface area contributed by atoms with Crippen molar-refractivity contribution in [3.8, 4) is 0 Å². The topological polar surface area (TPSA) is 43.6 Å². The van der Waals surface area contributed by atoms with Gasteiger partial charge in [-0.3, -0.25) is 4.68 Å². The third-order valence-corrected chi connectivity index (χ3v) is 4.29. The number of halogens is 1. The minimum atomic E-state index is 0.255. The van der Waals surface area contributed by atoms with E-state index < -0.39 is 0 Å². The lowest BCUT2D eigenvalue weighted by Gasteiger charge is -2.10. The van der Waals surface area contributed by atoms with Gasteiger partial charge in [-0.2, -0.15) is 5.10 Å². The van der Waals surface area contributed by atoms with Crippen LogP contribution in [0.5, 0.6) is 0 Å². The molecule has 0 aliphatic rings. The van der Waals surface area contributed by atoms with Gasteiger partial charge in [0.15, 0.2) is 0 Å². The number of aryl methyl sites for hydroxylation is 2. The van der Waals surface area contributed by atoms with Crippen molar-refractivity contribution >= 4 is 23.4 Å². The zero-order valence-corrected chi connectivity index (χ0v) is 13.3. The fraction of sp³-hybridized carbons (Fsp3) is 0.462. The normalized spacial score (nSPS) is 11.3. The van der Waals surface area contributed by atoms with Crippen molar-refractivity contribution in [2.24, 2.45) is 7.05 Å². The van der Waals surface area contributed by atoms with Gasteiger partial charge in [-0.1, -0.05) is 25.4 Å². The Balaban J connectivity index is 2.41. The second kappa shape index (κ2) is 5.51. The van der Waals surface area contributed by atoms with Gasteiger partial charge in [0.1, 0.15) is 21.0 Å². The second-order valence-electron chi connectivity index (χ2n) is 4.81. The molecule has 19 heavy (non-hydrogen) atoms. The highest BCUT2D eigenvalue weighted by atomic mass is 35.5. The molecule has 4 nitrogen and oxygen atoms in total. The highest BCUT2D eigenvalue weighted by Gasteiger charge is 2.14. The summed E-state index contributed by atoms with van der Waals surface area (Å²) in [5.41, 5.74) is 1.90. The van der Waals surface area contributed by atoms with Crippen molar-refractivity contribution < 1.29 is 0 Å². The molecule has 0 atom stereocenters. The van der Waals surface area contributed by atoms with E-state index in [0.717, 1.165) is 27.1 Å². The summed E-state index contributed by atoms with van der Waals surface area (Å²) < 4.78 is 1.85. The number of hydrogen-bond acceptors (Lipinski definition) is 4. The fourth-order valence-corrected chi connectivity index (χ4v) is 2.85. The Morgan fingerprint density at radius 2 is 1.95 bits per heavy atom. The summed E-state index contributed by atoms with van der Waals surface area (Å²) in [5.74, 6) is 1.03. The van der Waals surface area contributed by atoms with Crippen molar-refractivity contribution in [2.45, 2.75) is 43.7 Å².